The number of nitrogens with zero attached hydrogens (tertiary/aromatic N) is 1. The lowest BCUT2D eigenvalue weighted by Gasteiger charge is -2.32. The van der Waals surface area contributed by atoms with Crippen molar-refractivity contribution in [3.63, 3.8) is 0 Å². The summed E-state index contributed by atoms with van der Waals surface area (Å²) in [5.74, 6) is 0.936. The van der Waals surface area contributed by atoms with Gasteiger partial charge < -0.3 is 9.64 Å². The lowest BCUT2D eigenvalue weighted by molar-refractivity contribution is 0.0846. The molecule has 0 aromatic heterocycles. The maximum Gasteiger partial charge on any atom is 0.187 e. The Kier molecular flexibility index (Phi) is 3.65. The van der Waals surface area contributed by atoms with Crippen LogP contribution in [0.1, 0.15) is 36.2 Å². The number of rotatable bonds is 3. The Morgan fingerprint density at radius 2 is 2.11 bits per heavy atom. The number of carbonyl (C=O) groups is 1. The highest BCUT2D eigenvalue weighted by atomic mass is 16.5. The second kappa shape index (κ2) is 5.08. The van der Waals surface area contributed by atoms with Gasteiger partial charge in [-0.3, -0.25) is 4.79 Å². The van der Waals surface area contributed by atoms with Crippen LogP contribution in [0.4, 0.5) is 0 Å². The van der Waals surface area contributed by atoms with E-state index in [2.05, 4.69) is 13.8 Å². The Labute approximate surface area is 114 Å². The maximum atomic E-state index is 12.0. The fraction of sp³-hybridized carbons (Fsp3) is 0.438. The summed E-state index contributed by atoms with van der Waals surface area (Å²) in [6, 6.07) is 5.70. The van der Waals surface area contributed by atoms with Gasteiger partial charge in [0.1, 0.15) is 11.4 Å². The Morgan fingerprint density at radius 3 is 2.79 bits per heavy atom. The number of hydrogen-bond donors (Lipinski definition) is 0. The van der Waals surface area contributed by atoms with Crippen molar-refractivity contribution in [1.82, 2.24) is 4.90 Å². The van der Waals surface area contributed by atoms with E-state index in [0.717, 1.165) is 29.7 Å². The van der Waals surface area contributed by atoms with E-state index in [4.69, 9.17) is 4.74 Å². The number of ether oxygens (including phenoxy) is 1. The molecular weight excluding hydrogens is 238 g/mol. The van der Waals surface area contributed by atoms with Crippen LogP contribution in [0.25, 0.3) is 0 Å². The van der Waals surface area contributed by atoms with Gasteiger partial charge in [-0.05, 0) is 50.5 Å². The van der Waals surface area contributed by atoms with Crippen LogP contribution in [0.3, 0.4) is 0 Å². The summed E-state index contributed by atoms with van der Waals surface area (Å²) in [5.41, 5.74) is 1.74. The van der Waals surface area contributed by atoms with Gasteiger partial charge in [-0.1, -0.05) is 0 Å². The van der Waals surface area contributed by atoms with Crippen LogP contribution in [-0.4, -0.2) is 30.4 Å². The minimum Gasteiger partial charge on any atom is -0.488 e. The summed E-state index contributed by atoms with van der Waals surface area (Å²) in [6.07, 6.45) is 5.29. The van der Waals surface area contributed by atoms with Crippen molar-refractivity contribution >= 4 is 5.78 Å². The molecule has 3 nitrogen and oxygen atoms in total. The molecule has 3 heteroatoms. The summed E-state index contributed by atoms with van der Waals surface area (Å²) >= 11 is 0. The Bertz CT molecular complexity index is 515. The van der Waals surface area contributed by atoms with Gasteiger partial charge in [0.2, 0.25) is 0 Å². The molecule has 102 valence electrons. The van der Waals surface area contributed by atoms with Crippen LogP contribution in [0.2, 0.25) is 0 Å². The first-order valence-electron chi connectivity index (χ1n) is 6.58. The molecule has 1 heterocycles. The minimum atomic E-state index is -0.108. The molecule has 1 aliphatic rings. The predicted octanol–water partition coefficient (Wildman–Crippen LogP) is 3.05. The fourth-order valence-electron chi connectivity index (χ4n) is 2.13. The van der Waals surface area contributed by atoms with Crippen LogP contribution in [0, 0.1) is 0 Å². The standard InChI is InChI=1S/C16H21NO2/c1-16(2)9-7-13-11-12(5-6-15(13)19-16)14(18)8-10-17(3)4/h5-6,8,10-11H,7,9H2,1-4H3/b10-8+. The van der Waals surface area contributed by atoms with Crippen molar-refractivity contribution in [2.75, 3.05) is 14.1 Å². The predicted molar refractivity (Wildman–Crippen MR) is 76.6 cm³/mol. The first-order valence-corrected chi connectivity index (χ1v) is 6.58. The second-order valence-corrected chi connectivity index (χ2v) is 5.83. The molecule has 19 heavy (non-hydrogen) atoms. The van der Waals surface area contributed by atoms with Gasteiger partial charge in [0.25, 0.3) is 0 Å². The van der Waals surface area contributed by atoms with Crippen molar-refractivity contribution in [3.05, 3.63) is 41.6 Å². The van der Waals surface area contributed by atoms with Gasteiger partial charge in [0, 0.05) is 31.9 Å². The monoisotopic (exact) mass is 259 g/mol. The third-order valence-electron chi connectivity index (χ3n) is 3.25. The highest BCUT2D eigenvalue weighted by Gasteiger charge is 2.26. The summed E-state index contributed by atoms with van der Waals surface area (Å²) in [7, 11) is 3.79. The Morgan fingerprint density at radius 1 is 1.37 bits per heavy atom. The first-order chi connectivity index (χ1) is 8.87. The zero-order valence-corrected chi connectivity index (χ0v) is 12.1. The van der Waals surface area contributed by atoms with Crippen molar-refractivity contribution in [2.24, 2.45) is 0 Å². The number of ketones is 1. The van der Waals surface area contributed by atoms with Crippen molar-refractivity contribution in [1.29, 1.82) is 0 Å². The summed E-state index contributed by atoms with van der Waals surface area (Å²) in [6.45, 7) is 4.18. The number of aryl methyl sites for hydroxylation is 1. The third kappa shape index (κ3) is 3.37. The lowest BCUT2D eigenvalue weighted by Crippen LogP contribution is -2.32. The van der Waals surface area contributed by atoms with E-state index in [0.29, 0.717) is 0 Å². The Balaban J connectivity index is 2.21. The summed E-state index contributed by atoms with van der Waals surface area (Å²) in [5, 5.41) is 0. The molecule has 0 saturated carbocycles. The summed E-state index contributed by atoms with van der Waals surface area (Å²) < 4.78 is 5.91. The first kappa shape index (κ1) is 13.7. The topological polar surface area (TPSA) is 29.5 Å². The number of allylic oxidation sites excluding steroid dienone is 1. The molecule has 1 aliphatic heterocycles. The van der Waals surface area contributed by atoms with Crippen molar-refractivity contribution in [2.45, 2.75) is 32.3 Å². The van der Waals surface area contributed by atoms with Gasteiger partial charge in [0.05, 0.1) is 0 Å². The van der Waals surface area contributed by atoms with E-state index in [-0.39, 0.29) is 11.4 Å². The van der Waals surface area contributed by atoms with E-state index in [1.807, 2.05) is 37.2 Å². The number of carbonyl (C=O) groups excluding carboxylic acids is 1. The molecule has 0 aliphatic carbocycles. The van der Waals surface area contributed by atoms with E-state index in [9.17, 15) is 4.79 Å². The van der Waals surface area contributed by atoms with Crippen molar-refractivity contribution < 1.29 is 9.53 Å². The SMILES string of the molecule is CN(C)/C=C/C(=O)c1ccc2c(c1)CCC(C)(C)O2. The van der Waals surface area contributed by atoms with E-state index in [1.54, 1.807) is 12.3 Å². The highest BCUT2D eigenvalue weighted by Crippen LogP contribution is 2.33. The molecule has 0 amide bonds. The fourth-order valence-corrected chi connectivity index (χ4v) is 2.13. The zero-order valence-electron chi connectivity index (χ0n) is 12.1. The highest BCUT2D eigenvalue weighted by molar-refractivity contribution is 6.04. The smallest absolute Gasteiger partial charge is 0.187 e. The van der Waals surface area contributed by atoms with Crippen LogP contribution in [0.15, 0.2) is 30.5 Å². The minimum absolute atomic E-state index is 0.0290. The lowest BCUT2D eigenvalue weighted by atomic mass is 9.93. The number of fused-ring (bicyclic) bond motifs is 1. The van der Waals surface area contributed by atoms with E-state index in [1.165, 1.54) is 0 Å². The average molecular weight is 259 g/mol. The largest absolute Gasteiger partial charge is 0.488 e. The van der Waals surface area contributed by atoms with E-state index >= 15 is 0 Å². The van der Waals surface area contributed by atoms with Gasteiger partial charge in [-0.2, -0.15) is 0 Å². The van der Waals surface area contributed by atoms with Gasteiger partial charge in [-0.15, -0.1) is 0 Å². The molecule has 0 bridgehead atoms. The molecular formula is C16H21NO2. The van der Waals surface area contributed by atoms with Crippen molar-refractivity contribution in [3.8, 4) is 5.75 Å². The molecule has 0 unspecified atom stereocenters. The molecule has 0 spiro atoms. The molecule has 2 rings (SSSR count). The molecule has 1 aromatic carbocycles. The van der Waals surface area contributed by atoms with Crippen LogP contribution < -0.4 is 4.74 Å². The molecule has 0 radical (unpaired) electrons. The molecule has 1 aromatic rings. The number of hydrogen-bond acceptors (Lipinski definition) is 3. The van der Waals surface area contributed by atoms with Gasteiger partial charge in [-0.25, -0.2) is 0 Å². The van der Waals surface area contributed by atoms with Crippen LogP contribution >= 0.6 is 0 Å². The molecule has 0 atom stereocenters. The molecule has 0 N–H and O–H groups in total. The van der Waals surface area contributed by atoms with E-state index < -0.39 is 0 Å². The average Bonchev–Trinajstić information content (AvgIpc) is 2.34. The Hall–Kier alpha value is -1.77. The van der Waals surface area contributed by atoms with Crippen LogP contribution in [-0.2, 0) is 6.42 Å². The second-order valence-electron chi connectivity index (χ2n) is 5.83. The van der Waals surface area contributed by atoms with Gasteiger partial charge in [0.15, 0.2) is 5.78 Å². The third-order valence-corrected chi connectivity index (χ3v) is 3.25. The van der Waals surface area contributed by atoms with Crippen LogP contribution in [0.5, 0.6) is 5.75 Å². The zero-order chi connectivity index (χ0) is 14.0. The maximum absolute atomic E-state index is 12.0. The summed E-state index contributed by atoms with van der Waals surface area (Å²) in [4.78, 5) is 13.9. The quantitative estimate of drug-likeness (QED) is 0.617. The molecule has 0 fully saturated rings. The van der Waals surface area contributed by atoms with Gasteiger partial charge >= 0.3 is 0 Å². The number of benzene rings is 1. The normalized spacial score (nSPS) is 16.8. The molecule has 0 saturated heterocycles.